The molecule has 0 unspecified atom stereocenters. The predicted molar refractivity (Wildman–Crippen MR) is 55.8 cm³/mol. The van der Waals surface area contributed by atoms with Gasteiger partial charge in [-0.3, -0.25) is 4.79 Å². The third-order valence-corrected chi connectivity index (χ3v) is 1.60. The van der Waals surface area contributed by atoms with Crippen molar-refractivity contribution in [3.05, 3.63) is 24.3 Å². The largest absolute Gasteiger partial charge is 0.508 e. The van der Waals surface area contributed by atoms with E-state index >= 15 is 0 Å². The van der Waals surface area contributed by atoms with Crippen LogP contribution in [0.25, 0.3) is 0 Å². The van der Waals surface area contributed by atoms with Crippen LogP contribution < -0.4 is 10.6 Å². The molecular formula is C10H12N2O3. The number of phenols is 1. The van der Waals surface area contributed by atoms with Crippen LogP contribution in [0.5, 0.6) is 5.75 Å². The fourth-order valence-electron chi connectivity index (χ4n) is 0.964. The first kappa shape index (κ1) is 11.0. The molecule has 0 radical (unpaired) electrons. The molecule has 3 N–H and O–H groups in total. The minimum Gasteiger partial charge on any atom is -0.508 e. The fraction of sp³-hybridized carbons (Fsp3) is 0.200. The van der Waals surface area contributed by atoms with Crippen LogP contribution in [-0.2, 0) is 4.79 Å². The third kappa shape index (κ3) is 4.12. The van der Waals surface area contributed by atoms with Gasteiger partial charge in [0.15, 0.2) is 0 Å². The summed E-state index contributed by atoms with van der Waals surface area (Å²) in [6.07, 6.45) is 0. The van der Waals surface area contributed by atoms with Gasteiger partial charge in [-0.05, 0) is 19.1 Å². The number of anilines is 1. The number of hydrogen-bond donors (Lipinski definition) is 3. The molecule has 15 heavy (non-hydrogen) atoms. The molecule has 5 nitrogen and oxygen atoms in total. The van der Waals surface area contributed by atoms with Crippen molar-refractivity contribution in [2.75, 3.05) is 11.9 Å². The number of phenolic OH excluding ortho intramolecular Hbond substituents is 1. The standard InChI is InChI=1S/C10H12N2O3/c1-7(13)6-11-10(15)12-8-3-2-4-9(14)5-8/h2-5,14H,6H2,1H3,(H2,11,12,15). The minimum absolute atomic E-state index is 0.00928. The average Bonchev–Trinajstić information content (AvgIpc) is 2.15. The minimum atomic E-state index is -0.476. The van der Waals surface area contributed by atoms with Crippen molar-refractivity contribution in [1.29, 1.82) is 0 Å². The van der Waals surface area contributed by atoms with Crippen molar-refractivity contribution < 1.29 is 14.7 Å². The van der Waals surface area contributed by atoms with Gasteiger partial charge < -0.3 is 15.7 Å². The first-order valence-corrected chi connectivity index (χ1v) is 4.41. The van der Waals surface area contributed by atoms with Gasteiger partial charge in [0.1, 0.15) is 11.5 Å². The summed E-state index contributed by atoms with van der Waals surface area (Å²) >= 11 is 0. The molecule has 1 aromatic rings. The molecule has 0 atom stereocenters. The number of nitrogens with one attached hydrogen (secondary N) is 2. The van der Waals surface area contributed by atoms with Gasteiger partial charge >= 0.3 is 6.03 Å². The maximum atomic E-state index is 11.2. The SMILES string of the molecule is CC(=O)CNC(=O)Nc1cccc(O)c1. The molecule has 0 saturated heterocycles. The van der Waals surface area contributed by atoms with Gasteiger partial charge in [-0.2, -0.15) is 0 Å². The van der Waals surface area contributed by atoms with Crippen molar-refractivity contribution >= 4 is 17.5 Å². The highest BCUT2D eigenvalue weighted by atomic mass is 16.3. The van der Waals surface area contributed by atoms with E-state index in [0.29, 0.717) is 5.69 Å². The smallest absolute Gasteiger partial charge is 0.319 e. The molecule has 0 heterocycles. The number of urea groups is 1. The first-order valence-electron chi connectivity index (χ1n) is 4.41. The zero-order valence-electron chi connectivity index (χ0n) is 8.28. The molecule has 2 amide bonds. The monoisotopic (exact) mass is 208 g/mol. The van der Waals surface area contributed by atoms with E-state index in [0.717, 1.165) is 0 Å². The van der Waals surface area contributed by atoms with E-state index in [2.05, 4.69) is 10.6 Å². The molecule has 5 heteroatoms. The topological polar surface area (TPSA) is 78.4 Å². The number of hydrogen-bond acceptors (Lipinski definition) is 3. The van der Waals surface area contributed by atoms with E-state index in [1.165, 1.54) is 19.1 Å². The molecule has 0 aliphatic heterocycles. The van der Waals surface area contributed by atoms with Crippen LogP contribution in [0, 0.1) is 0 Å². The Hall–Kier alpha value is -2.04. The summed E-state index contributed by atoms with van der Waals surface area (Å²) in [5.74, 6) is -0.0552. The molecule has 0 aliphatic carbocycles. The molecule has 0 aromatic heterocycles. The quantitative estimate of drug-likeness (QED) is 0.696. The normalized spacial score (nSPS) is 9.40. The maximum absolute atomic E-state index is 11.2. The summed E-state index contributed by atoms with van der Waals surface area (Å²) in [7, 11) is 0. The van der Waals surface area contributed by atoms with Gasteiger partial charge in [0.2, 0.25) is 0 Å². The summed E-state index contributed by atoms with van der Waals surface area (Å²) < 4.78 is 0. The molecule has 1 rings (SSSR count). The van der Waals surface area contributed by atoms with Gasteiger partial charge in [0.05, 0.1) is 6.54 Å². The molecule has 0 bridgehead atoms. The Kier molecular flexibility index (Phi) is 3.68. The number of carbonyl (C=O) groups is 2. The van der Waals surface area contributed by atoms with Crippen LogP contribution >= 0.6 is 0 Å². The van der Waals surface area contributed by atoms with Crippen molar-refractivity contribution in [2.24, 2.45) is 0 Å². The summed E-state index contributed by atoms with van der Waals surface area (Å²) in [5, 5.41) is 14.0. The Balaban J connectivity index is 2.48. The Labute approximate surface area is 87.1 Å². The lowest BCUT2D eigenvalue weighted by atomic mass is 10.3. The summed E-state index contributed by atoms with van der Waals surface area (Å²) in [4.78, 5) is 21.7. The summed E-state index contributed by atoms with van der Waals surface area (Å²) in [6.45, 7) is 1.37. The number of carbonyl (C=O) groups excluding carboxylic acids is 2. The molecule has 1 aromatic carbocycles. The zero-order chi connectivity index (χ0) is 11.3. The van der Waals surface area contributed by atoms with E-state index < -0.39 is 6.03 Å². The Bertz CT molecular complexity index is 377. The van der Waals surface area contributed by atoms with Crippen molar-refractivity contribution in [3.63, 3.8) is 0 Å². The zero-order valence-corrected chi connectivity index (χ0v) is 8.28. The van der Waals surface area contributed by atoms with Crippen molar-refractivity contribution in [1.82, 2.24) is 5.32 Å². The van der Waals surface area contributed by atoms with Crippen molar-refractivity contribution in [3.8, 4) is 5.75 Å². The number of aromatic hydroxyl groups is 1. The second-order valence-corrected chi connectivity index (χ2v) is 3.06. The fourth-order valence-corrected chi connectivity index (χ4v) is 0.964. The lowest BCUT2D eigenvalue weighted by Gasteiger charge is -2.05. The average molecular weight is 208 g/mol. The van der Waals surface area contributed by atoms with Crippen LogP contribution in [0.1, 0.15) is 6.92 Å². The lowest BCUT2D eigenvalue weighted by Crippen LogP contribution is -2.32. The number of ketones is 1. The molecule has 80 valence electrons. The highest BCUT2D eigenvalue weighted by molar-refractivity contribution is 5.92. The Morgan fingerprint density at radius 2 is 2.13 bits per heavy atom. The van der Waals surface area contributed by atoms with Gasteiger partial charge in [0.25, 0.3) is 0 Å². The van der Waals surface area contributed by atoms with Gasteiger partial charge in [-0.1, -0.05) is 6.07 Å². The Morgan fingerprint density at radius 3 is 2.73 bits per heavy atom. The molecular weight excluding hydrogens is 196 g/mol. The van der Waals surface area contributed by atoms with Crippen LogP contribution in [0.3, 0.4) is 0 Å². The summed E-state index contributed by atoms with van der Waals surface area (Å²) in [6, 6.07) is 5.67. The lowest BCUT2D eigenvalue weighted by molar-refractivity contribution is -0.116. The highest BCUT2D eigenvalue weighted by Crippen LogP contribution is 2.14. The van der Waals surface area contributed by atoms with E-state index in [9.17, 15) is 9.59 Å². The first-order chi connectivity index (χ1) is 7.08. The van der Waals surface area contributed by atoms with Crippen molar-refractivity contribution in [2.45, 2.75) is 6.92 Å². The van der Waals surface area contributed by atoms with E-state index in [1.54, 1.807) is 12.1 Å². The van der Waals surface area contributed by atoms with E-state index in [-0.39, 0.29) is 18.1 Å². The number of rotatable bonds is 3. The van der Waals surface area contributed by atoms with Crippen LogP contribution in [0.4, 0.5) is 10.5 Å². The van der Waals surface area contributed by atoms with Crippen LogP contribution in [0.2, 0.25) is 0 Å². The third-order valence-electron chi connectivity index (χ3n) is 1.60. The van der Waals surface area contributed by atoms with E-state index in [1.807, 2.05) is 0 Å². The van der Waals surface area contributed by atoms with Crippen LogP contribution in [0.15, 0.2) is 24.3 Å². The molecule has 0 fully saturated rings. The van der Waals surface area contributed by atoms with Gasteiger partial charge in [-0.15, -0.1) is 0 Å². The van der Waals surface area contributed by atoms with E-state index in [4.69, 9.17) is 5.11 Å². The predicted octanol–water partition coefficient (Wildman–Crippen LogP) is 1.10. The van der Waals surface area contributed by atoms with Crippen LogP contribution in [-0.4, -0.2) is 23.5 Å². The maximum Gasteiger partial charge on any atom is 0.319 e. The number of benzene rings is 1. The Morgan fingerprint density at radius 1 is 1.40 bits per heavy atom. The second kappa shape index (κ2) is 4.99. The highest BCUT2D eigenvalue weighted by Gasteiger charge is 2.02. The summed E-state index contributed by atoms with van der Waals surface area (Å²) in [5.41, 5.74) is 0.469. The van der Waals surface area contributed by atoms with Gasteiger partial charge in [-0.25, -0.2) is 4.79 Å². The second-order valence-electron chi connectivity index (χ2n) is 3.06. The number of Topliss-reactive ketones (excluding diaryl/α,β-unsaturated/α-hetero) is 1. The molecule has 0 saturated carbocycles. The molecule has 0 aliphatic rings. The van der Waals surface area contributed by atoms with Gasteiger partial charge in [0, 0.05) is 11.8 Å². The molecule has 0 spiro atoms. The number of amides is 2.